The predicted octanol–water partition coefficient (Wildman–Crippen LogP) is 4.39. The lowest BCUT2D eigenvalue weighted by Gasteiger charge is -2.17. The second-order valence-electron chi connectivity index (χ2n) is 5.05. The quantitative estimate of drug-likeness (QED) is 0.816. The van der Waals surface area contributed by atoms with Crippen molar-refractivity contribution in [2.75, 3.05) is 10.2 Å². The van der Waals surface area contributed by atoms with Crippen molar-refractivity contribution in [3.05, 3.63) is 57.5 Å². The zero-order chi connectivity index (χ0) is 16.6. The van der Waals surface area contributed by atoms with Crippen molar-refractivity contribution in [1.29, 1.82) is 0 Å². The summed E-state index contributed by atoms with van der Waals surface area (Å²) in [6.07, 6.45) is 0.0459. The van der Waals surface area contributed by atoms with Crippen molar-refractivity contribution in [2.24, 2.45) is 0 Å². The number of nitrogens with one attached hydrogen (secondary N) is 1. The Balaban J connectivity index is 1.84. The maximum atomic E-state index is 12.5. The third kappa shape index (κ3) is 3.15. The highest BCUT2D eigenvalue weighted by Crippen LogP contribution is 2.31. The van der Waals surface area contributed by atoms with Gasteiger partial charge in [0, 0.05) is 5.69 Å². The summed E-state index contributed by atoms with van der Waals surface area (Å²) in [6, 6.07) is 11.0. The fourth-order valence-corrected chi connectivity index (χ4v) is 2.94. The van der Waals surface area contributed by atoms with Crippen LogP contribution >= 0.6 is 34.8 Å². The van der Waals surface area contributed by atoms with E-state index < -0.39 is 6.04 Å². The highest BCUT2D eigenvalue weighted by Gasteiger charge is 2.40. The lowest BCUT2D eigenvalue weighted by Crippen LogP contribution is -2.35. The topological polar surface area (TPSA) is 49.4 Å². The predicted molar refractivity (Wildman–Crippen MR) is 92.4 cm³/mol. The molecule has 1 fully saturated rings. The van der Waals surface area contributed by atoms with Crippen LogP contribution < -0.4 is 10.2 Å². The Labute approximate surface area is 147 Å². The minimum atomic E-state index is -0.670. The van der Waals surface area contributed by atoms with Gasteiger partial charge in [0.1, 0.15) is 6.04 Å². The molecule has 118 valence electrons. The Morgan fingerprint density at radius 3 is 2.39 bits per heavy atom. The Hall–Kier alpha value is -1.75. The van der Waals surface area contributed by atoms with Crippen LogP contribution in [0, 0.1) is 0 Å². The summed E-state index contributed by atoms with van der Waals surface area (Å²) in [4.78, 5) is 25.9. The molecule has 7 heteroatoms. The molecule has 4 nitrogen and oxygen atoms in total. The molecule has 3 rings (SSSR count). The van der Waals surface area contributed by atoms with Gasteiger partial charge in [0.05, 0.1) is 27.2 Å². The van der Waals surface area contributed by atoms with E-state index in [0.717, 1.165) is 4.90 Å². The first-order chi connectivity index (χ1) is 11.0. The molecule has 0 aliphatic carbocycles. The standard InChI is InChI=1S/C16H11Cl3N2O2/c17-10-6-5-9(7-12(10)19)20-13-8-15(22)21(16(13)23)14-4-2-1-3-11(14)18/h1-7,13,20H,8H2. The smallest absolute Gasteiger partial charge is 0.256 e. The van der Waals surface area contributed by atoms with Crippen LogP contribution in [0.4, 0.5) is 11.4 Å². The fourth-order valence-electron chi connectivity index (χ4n) is 2.42. The molecule has 2 aromatic rings. The number of anilines is 2. The molecule has 1 aliphatic rings. The minimum Gasteiger partial charge on any atom is -0.373 e. The van der Waals surface area contributed by atoms with E-state index in [-0.39, 0.29) is 18.2 Å². The second-order valence-corrected chi connectivity index (χ2v) is 6.27. The van der Waals surface area contributed by atoms with E-state index >= 15 is 0 Å². The summed E-state index contributed by atoms with van der Waals surface area (Å²) >= 11 is 17.9. The summed E-state index contributed by atoms with van der Waals surface area (Å²) in [7, 11) is 0. The van der Waals surface area contributed by atoms with E-state index in [1.165, 1.54) is 0 Å². The van der Waals surface area contributed by atoms with Gasteiger partial charge in [-0.05, 0) is 30.3 Å². The normalized spacial score (nSPS) is 17.7. The molecule has 0 bridgehead atoms. The van der Waals surface area contributed by atoms with E-state index in [2.05, 4.69) is 5.32 Å². The highest BCUT2D eigenvalue weighted by atomic mass is 35.5. The van der Waals surface area contributed by atoms with Crippen molar-refractivity contribution in [2.45, 2.75) is 12.5 Å². The van der Waals surface area contributed by atoms with E-state index in [0.29, 0.717) is 26.4 Å². The number of imide groups is 1. The van der Waals surface area contributed by atoms with Gasteiger partial charge in [-0.25, -0.2) is 4.90 Å². The lowest BCUT2D eigenvalue weighted by atomic mass is 10.2. The number of halogens is 3. The number of hydrogen-bond donors (Lipinski definition) is 1. The molecule has 0 radical (unpaired) electrons. The summed E-state index contributed by atoms with van der Waals surface area (Å²) in [5.41, 5.74) is 1.01. The Bertz CT molecular complexity index is 795. The number of carbonyl (C=O) groups is 2. The molecular weight excluding hydrogens is 359 g/mol. The number of hydrogen-bond acceptors (Lipinski definition) is 3. The first-order valence-electron chi connectivity index (χ1n) is 6.80. The van der Waals surface area contributed by atoms with Gasteiger partial charge in [-0.3, -0.25) is 9.59 Å². The molecule has 1 heterocycles. The third-order valence-corrected chi connectivity index (χ3v) is 4.56. The monoisotopic (exact) mass is 368 g/mol. The highest BCUT2D eigenvalue weighted by molar-refractivity contribution is 6.42. The van der Waals surface area contributed by atoms with Gasteiger partial charge in [-0.1, -0.05) is 46.9 Å². The maximum Gasteiger partial charge on any atom is 0.256 e. The summed E-state index contributed by atoms with van der Waals surface area (Å²) in [5.74, 6) is -0.658. The molecule has 0 spiro atoms. The van der Waals surface area contributed by atoms with Gasteiger partial charge in [-0.2, -0.15) is 0 Å². The Kier molecular flexibility index (Phi) is 4.48. The molecule has 1 atom stereocenters. The fraction of sp³-hybridized carbons (Fsp3) is 0.125. The van der Waals surface area contributed by atoms with Crippen LogP contribution in [0.25, 0.3) is 0 Å². The number of nitrogens with zero attached hydrogens (tertiary/aromatic N) is 1. The number of para-hydroxylation sites is 1. The van der Waals surface area contributed by atoms with Crippen LogP contribution in [0.2, 0.25) is 15.1 Å². The molecule has 1 aliphatic heterocycles. The van der Waals surface area contributed by atoms with Crippen molar-refractivity contribution < 1.29 is 9.59 Å². The largest absolute Gasteiger partial charge is 0.373 e. The summed E-state index contributed by atoms with van der Waals surface area (Å²) in [6.45, 7) is 0. The van der Waals surface area contributed by atoms with Crippen LogP contribution in [0.15, 0.2) is 42.5 Å². The molecule has 2 aromatic carbocycles. The lowest BCUT2D eigenvalue weighted by molar-refractivity contribution is -0.121. The van der Waals surface area contributed by atoms with Crippen LogP contribution in [0.5, 0.6) is 0 Å². The van der Waals surface area contributed by atoms with Crippen LogP contribution in [-0.2, 0) is 9.59 Å². The SMILES string of the molecule is O=C1CC(Nc2ccc(Cl)c(Cl)c2)C(=O)N1c1ccccc1Cl. The number of rotatable bonds is 3. The maximum absolute atomic E-state index is 12.5. The van der Waals surface area contributed by atoms with Crippen molar-refractivity contribution in [3.8, 4) is 0 Å². The van der Waals surface area contributed by atoms with Gasteiger partial charge in [-0.15, -0.1) is 0 Å². The van der Waals surface area contributed by atoms with E-state index in [9.17, 15) is 9.59 Å². The van der Waals surface area contributed by atoms with Crippen molar-refractivity contribution >= 4 is 58.0 Å². The minimum absolute atomic E-state index is 0.0459. The van der Waals surface area contributed by atoms with Gasteiger partial charge in [0.15, 0.2) is 0 Å². The summed E-state index contributed by atoms with van der Waals surface area (Å²) < 4.78 is 0. The average Bonchev–Trinajstić information content (AvgIpc) is 2.78. The molecule has 0 saturated carbocycles. The van der Waals surface area contributed by atoms with Crippen LogP contribution in [-0.4, -0.2) is 17.9 Å². The van der Waals surface area contributed by atoms with Crippen molar-refractivity contribution in [1.82, 2.24) is 0 Å². The number of amides is 2. The van der Waals surface area contributed by atoms with Crippen LogP contribution in [0.1, 0.15) is 6.42 Å². The Morgan fingerprint density at radius 2 is 1.70 bits per heavy atom. The zero-order valence-electron chi connectivity index (χ0n) is 11.7. The first-order valence-corrected chi connectivity index (χ1v) is 7.93. The van der Waals surface area contributed by atoms with Gasteiger partial charge in [0.2, 0.25) is 5.91 Å². The number of benzene rings is 2. The van der Waals surface area contributed by atoms with Gasteiger partial charge < -0.3 is 5.32 Å². The second kappa shape index (κ2) is 6.40. The molecule has 23 heavy (non-hydrogen) atoms. The molecule has 1 unspecified atom stereocenters. The summed E-state index contributed by atoms with van der Waals surface area (Å²) in [5, 5.41) is 4.15. The number of carbonyl (C=O) groups excluding carboxylic acids is 2. The molecule has 2 amide bonds. The van der Waals surface area contributed by atoms with E-state index in [1.54, 1.807) is 42.5 Å². The van der Waals surface area contributed by atoms with Crippen LogP contribution in [0.3, 0.4) is 0 Å². The van der Waals surface area contributed by atoms with E-state index in [4.69, 9.17) is 34.8 Å². The zero-order valence-corrected chi connectivity index (χ0v) is 14.0. The molecule has 0 aromatic heterocycles. The average molecular weight is 370 g/mol. The van der Waals surface area contributed by atoms with Gasteiger partial charge in [0.25, 0.3) is 5.91 Å². The van der Waals surface area contributed by atoms with Gasteiger partial charge >= 0.3 is 0 Å². The Morgan fingerprint density at radius 1 is 0.957 bits per heavy atom. The molecule has 1 saturated heterocycles. The van der Waals surface area contributed by atoms with E-state index in [1.807, 2.05) is 0 Å². The first kappa shape index (κ1) is 16.1. The third-order valence-electron chi connectivity index (χ3n) is 3.50. The molecule has 1 N–H and O–H groups in total. The molecular formula is C16H11Cl3N2O2. The van der Waals surface area contributed by atoms with Crippen molar-refractivity contribution in [3.63, 3.8) is 0 Å².